The van der Waals surface area contributed by atoms with E-state index in [1.807, 2.05) is 29.9 Å². The minimum atomic E-state index is 0.0345. The van der Waals surface area contributed by atoms with Crippen molar-refractivity contribution >= 4 is 5.91 Å². The third-order valence-electron chi connectivity index (χ3n) is 4.06. The van der Waals surface area contributed by atoms with Crippen LogP contribution in [0.2, 0.25) is 0 Å². The van der Waals surface area contributed by atoms with Gasteiger partial charge in [-0.1, -0.05) is 12.8 Å². The summed E-state index contributed by atoms with van der Waals surface area (Å²) in [4.78, 5) is 14.5. The number of aryl methyl sites for hydroxylation is 1. The van der Waals surface area contributed by atoms with Gasteiger partial charge in [0.2, 0.25) is 0 Å². The second-order valence-corrected chi connectivity index (χ2v) is 5.72. The summed E-state index contributed by atoms with van der Waals surface area (Å²) in [6.45, 7) is 4.48. The molecule has 0 aliphatic carbocycles. The summed E-state index contributed by atoms with van der Waals surface area (Å²) in [6.07, 6.45) is 9.62. The molecule has 112 valence electrons. The van der Waals surface area contributed by atoms with Crippen LogP contribution in [0.4, 0.5) is 0 Å². The Morgan fingerprint density at radius 3 is 2.60 bits per heavy atom. The van der Waals surface area contributed by atoms with Crippen LogP contribution < -0.4 is 5.32 Å². The van der Waals surface area contributed by atoms with E-state index in [0.29, 0.717) is 0 Å². The van der Waals surface area contributed by atoms with E-state index in [2.05, 4.69) is 10.2 Å². The molecule has 0 bridgehead atoms. The quantitative estimate of drug-likeness (QED) is 0.811. The van der Waals surface area contributed by atoms with Crippen molar-refractivity contribution in [3.8, 4) is 0 Å². The Hall–Kier alpha value is -1.29. The molecule has 1 saturated heterocycles. The summed E-state index contributed by atoms with van der Waals surface area (Å²) in [5.41, 5.74) is 0.734. The number of hydrogen-bond acceptors (Lipinski definition) is 2. The van der Waals surface area contributed by atoms with E-state index in [1.165, 1.54) is 51.7 Å². The summed E-state index contributed by atoms with van der Waals surface area (Å²) in [5.74, 6) is 0.0345. The maximum atomic E-state index is 11.9. The Morgan fingerprint density at radius 2 is 1.95 bits per heavy atom. The first-order valence-electron chi connectivity index (χ1n) is 7.89. The van der Waals surface area contributed by atoms with Crippen LogP contribution in [0, 0.1) is 0 Å². The van der Waals surface area contributed by atoms with Gasteiger partial charge in [-0.15, -0.1) is 0 Å². The molecule has 2 rings (SSSR count). The Morgan fingerprint density at radius 1 is 1.20 bits per heavy atom. The lowest BCUT2D eigenvalue weighted by Gasteiger charge is -2.19. The van der Waals surface area contributed by atoms with Crippen LogP contribution in [0.3, 0.4) is 0 Å². The molecule has 1 N–H and O–H groups in total. The van der Waals surface area contributed by atoms with Crippen LogP contribution >= 0.6 is 0 Å². The lowest BCUT2D eigenvalue weighted by molar-refractivity contribution is 0.0944. The summed E-state index contributed by atoms with van der Waals surface area (Å²) < 4.78 is 1.85. The molecule has 4 heteroatoms. The molecule has 0 unspecified atom stereocenters. The van der Waals surface area contributed by atoms with Crippen molar-refractivity contribution in [3.05, 3.63) is 24.0 Å². The van der Waals surface area contributed by atoms with Crippen LogP contribution in [0.25, 0.3) is 0 Å². The second kappa shape index (κ2) is 8.10. The SMILES string of the molecule is Cn1cccc1C(=O)NCCCCN1CCCCCC1. The molecular weight excluding hydrogens is 250 g/mol. The minimum absolute atomic E-state index is 0.0345. The van der Waals surface area contributed by atoms with Gasteiger partial charge >= 0.3 is 0 Å². The van der Waals surface area contributed by atoms with Crippen molar-refractivity contribution in [2.75, 3.05) is 26.2 Å². The molecule has 0 radical (unpaired) electrons. The molecule has 1 aliphatic rings. The summed E-state index contributed by atoms with van der Waals surface area (Å²) in [7, 11) is 1.90. The van der Waals surface area contributed by atoms with E-state index < -0.39 is 0 Å². The Labute approximate surface area is 122 Å². The van der Waals surface area contributed by atoms with Gasteiger partial charge in [0.25, 0.3) is 5.91 Å². The molecule has 0 saturated carbocycles. The van der Waals surface area contributed by atoms with E-state index in [1.54, 1.807) is 0 Å². The number of aromatic nitrogens is 1. The van der Waals surface area contributed by atoms with E-state index in [4.69, 9.17) is 0 Å². The van der Waals surface area contributed by atoms with Crippen LogP contribution in [0.1, 0.15) is 49.0 Å². The number of carbonyl (C=O) groups excluding carboxylic acids is 1. The first-order chi connectivity index (χ1) is 9.77. The largest absolute Gasteiger partial charge is 0.351 e. The predicted molar refractivity (Wildman–Crippen MR) is 81.9 cm³/mol. The first kappa shape index (κ1) is 15.1. The molecule has 1 amide bonds. The lowest BCUT2D eigenvalue weighted by atomic mass is 10.2. The molecule has 4 nitrogen and oxygen atoms in total. The third kappa shape index (κ3) is 4.67. The van der Waals surface area contributed by atoms with E-state index in [-0.39, 0.29) is 5.91 Å². The molecule has 20 heavy (non-hydrogen) atoms. The number of nitrogens with zero attached hydrogens (tertiary/aromatic N) is 2. The van der Waals surface area contributed by atoms with Crippen molar-refractivity contribution < 1.29 is 4.79 Å². The number of rotatable bonds is 6. The molecule has 2 heterocycles. The zero-order chi connectivity index (χ0) is 14.2. The topological polar surface area (TPSA) is 37.3 Å². The van der Waals surface area contributed by atoms with Crippen molar-refractivity contribution in [1.29, 1.82) is 0 Å². The van der Waals surface area contributed by atoms with Crippen LogP contribution in [-0.4, -0.2) is 41.6 Å². The average Bonchev–Trinajstić information content (AvgIpc) is 2.72. The van der Waals surface area contributed by atoms with Crippen LogP contribution in [0.5, 0.6) is 0 Å². The predicted octanol–water partition coefficient (Wildman–Crippen LogP) is 2.41. The second-order valence-electron chi connectivity index (χ2n) is 5.72. The summed E-state index contributed by atoms with van der Waals surface area (Å²) >= 11 is 0. The van der Waals surface area contributed by atoms with Gasteiger partial charge in [-0.05, 0) is 57.5 Å². The molecule has 1 aromatic heterocycles. The molecule has 1 fully saturated rings. The fourth-order valence-corrected chi connectivity index (χ4v) is 2.81. The highest BCUT2D eigenvalue weighted by atomic mass is 16.1. The van der Waals surface area contributed by atoms with Gasteiger partial charge in [-0.2, -0.15) is 0 Å². The summed E-state index contributed by atoms with van der Waals surface area (Å²) in [6, 6.07) is 3.75. The molecule has 0 spiro atoms. The number of hydrogen-bond donors (Lipinski definition) is 1. The van der Waals surface area contributed by atoms with Crippen molar-refractivity contribution in [3.63, 3.8) is 0 Å². The number of unbranched alkanes of at least 4 members (excludes halogenated alkanes) is 1. The van der Waals surface area contributed by atoms with Crippen molar-refractivity contribution in [2.45, 2.75) is 38.5 Å². The van der Waals surface area contributed by atoms with Crippen molar-refractivity contribution in [2.24, 2.45) is 7.05 Å². The Bertz CT molecular complexity index is 406. The number of nitrogens with one attached hydrogen (secondary N) is 1. The normalized spacial score (nSPS) is 16.9. The van der Waals surface area contributed by atoms with Gasteiger partial charge in [-0.25, -0.2) is 0 Å². The molecule has 1 aliphatic heterocycles. The fourth-order valence-electron chi connectivity index (χ4n) is 2.81. The van der Waals surface area contributed by atoms with Gasteiger partial charge in [0.05, 0.1) is 0 Å². The zero-order valence-corrected chi connectivity index (χ0v) is 12.6. The highest BCUT2D eigenvalue weighted by Gasteiger charge is 2.09. The van der Waals surface area contributed by atoms with Crippen LogP contribution in [-0.2, 0) is 7.05 Å². The highest BCUT2D eigenvalue weighted by Crippen LogP contribution is 2.10. The Balaban J connectivity index is 1.57. The summed E-state index contributed by atoms with van der Waals surface area (Å²) in [5, 5.41) is 3.00. The minimum Gasteiger partial charge on any atom is -0.351 e. The van der Waals surface area contributed by atoms with Gasteiger partial charge in [0.1, 0.15) is 5.69 Å². The smallest absolute Gasteiger partial charge is 0.267 e. The number of likely N-dealkylation sites (tertiary alicyclic amines) is 1. The first-order valence-corrected chi connectivity index (χ1v) is 7.89. The van der Waals surface area contributed by atoms with Crippen molar-refractivity contribution in [1.82, 2.24) is 14.8 Å². The van der Waals surface area contributed by atoms with E-state index in [9.17, 15) is 4.79 Å². The van der Waals surface area contributed by atoms with E-state index in [0.717, 1.165) is 18.7 Å². The Kier molecular flexibility index (Phi) is 6.12. The van der Waals surface area contributed by atoms with E-state index >= 15 is 0 Å². The fraction of sp³-hybridized carbons (Fsp3) is 0.688. The van der Waals surface area contributed by atoms with Gasteiger partial charge < -0.3 is 14.8 Å². The van der Waals surface area contributed by atoms with Crippen LogP contribution in [0.15, 0.2) is 18.3 Å². The standard InChI is InChI=1S/C16H27N3O/c1-18-11-8-9-15(18)16(20)17-10-4-7-14-19-12-5-2-3-6-13-19/h8-9,11H,2-7,10,12-14H2,1H3,(H,17,20). The maximum absolute atomic E-state index is 11.9. The number of amides is 1. The third-order valence-corrected chi connectivity index (χ3v) is 4.06. The lowest BCUT2D eigenvalue weighted by Crippen LogP contribution is -2.28. The average molecular weight is 277 g/mol. The molecule has 1 aromatic rings. The van der Waals surface area contributed by atoms with Gasteiger partial charge in [0, 0.05) is 19.8 Å². The number of carbonyl (C=O) groups is 1. The molecule has 0 atom stereocenters. The van der Waals surface area contributed by atoms with Gasteiger partial charge in [0.15, 0.2) is 0 Å². The monoisotopic (exact) mass is 277 g/mol. The highest BCUT2D eigenvalue weighted by molar-refractivity contribution is 5.92. The molecular formula is C16H27N3O. The zero-order valence-electron chi connectivity index (χ0n) is 12.6. The van der Waals surface area contributed by atoms with Gasteiger partial charge in [-0.3, -0.25) is 4.79 Å². The maximum Gasteiger partial charge on any atom is 0.267 e. The molecule has 0 aromatic carbocycles.